The summed E-state index contributed by atoms with van der Waals surface area (Å²) in [7, 11) is 0. The number of fused-ring (bicyclic) bond motifs is 1. The van der Waals surface area contributed by atoms with E-state index >= 15 is 0 Å². The first-order chi connectivity index (χ1) is 8.93. The molecule has 0 radical (unpaired) electrons. The van der Waals surface area contributed by atoms with Crippen LogP contribution in [0.5, 0.6) is 0 Å². The predicted octanol–water partition coefficient (Wildman–Crippen LogP) is 2.46. The summed E-state index contributed by atoms with van der Waals surface area (Å²) in [5.41, 5.74) is 0. The normalized spacial score (nSPS) is 10.9. The molecular formula is C12H13N5S. The van der Waals surface area contributed by atoms with Crippen molar-refractivity contribution in [2.45, 2.75) is 12.8 Å². The van der Waals surface area contributed by atoms with Crippen molar-refractivity contribution < 1.29 is 0 Å². The van der Waals surface area contributed by atoms with Gasteiger partial charge >= 0.3 is 0 Å². The number of aromatic nitrogens is 4. The molecule has 3 aromatic heterocycles. The van der Waals surface area contributed by atoms with E-state index in [9.17, 15) is 0 Å². The van der Waals surface area contributed by atoms with Gasteiger partial charge in [-0.05, 0) is 23.9 Å². The fourth-order valence-corrected chi connectivity index (χ4v) is 2.63. The zero-order valence-electron chi connectivity index (χ0n) is 9.76. The molecule has 0 unspecified atom stereocenters. The summed E-state index contributed by atoms with van der Waals surface area (Å²) >= 11 is 1.74. The first-order valence-electron chi connectivity index (χ1n) is 5.84. The van der Waals surface area contributed by atoms with Gasteiger partial charge in [0.15, 0.2) is 0 Å². The highest BCUT2D eigenvalue weighted by Crippen LogP contribution is 2.25. The zero-order chi connectivity index (χ0) is 12.2. The molecule has 0 fully saturated rings. The van der Waals surface area contributed by atoms with Gasteiger partial charge in [-0.1, -0.05) is 0 Å². The van der Waals surface area contributed by atoms with Crippen LogP contribution in [0.25, 0.3) is 10.1 Å². The van der Waals surface area contributed by atoms with E-state index in [1.54, 1.807) is 11.3 Å². The van der Waals surface area contributed by atoms with Gasteiger partial charge in [0.05, 0.1) is 0 Å². The molecule has 3 aromatic rings. The predicted molar refractivity (Wildman–Crippen MR) is 72.8 cm³/mol. The second-order valence-corrected chi connectivity index (χ2v) is 4.90. The first kappa shape index (κ1) is 11.2. The molecule has 3 heterocycles. The molecule has 0 spiro atoms. The summed E-state index contributed by atoms with van der Waals surface area (Å²) in [5.74, 6) is 1.89. The Morgan fingerprint density at radius 3 is 3.17 bits per heavy atom. The van der Waals surface area contributed by atoms with Gasteiger partial charge < -0.3 is 5.32 Å². The molecule has 0 aliphatic rings. The van der Waals surface area contributed by atoms with Crippen LogP contribution in [0.2, 0.25) is 0 Å². The van der Waals surface area contributed by atoms with Crippen molar-refractivity contribution in [3.05, 3.63) is 35.9 Å². The molecular weight excluding hydrogens is 246 g/mol. The highest BCUT2D eigenvalue weighted by atomic mass is 32.1. The van der Waals surface area contributed by atoms with Gasteiger partial charge in [0.25, 0.3) is 0 Å². The van der Waals surface area contributed by atoms with Gasteiger partial charge in [0, 0.05) is 29.2 Å². The number of hydrogen-bond donors (Lipinski definition) is 2. The van der Waals surface area contributed by atoms with Crippen LogP contribution in [0, 0.1) is 0 Å². The molecule has 5 nitrogen and oxygen atoms in total. The quantitative estimate of drug-likeness (QED) is 0.691. The molecule has 18 heavy (non-hydrogen) atoms. The Kier molecular flexibility index (Phi) is 3.18. The molecule has 0 saturated carbocycles. The Hall–Kier alpha value is -1.95. The second-order valence-electron chi connectivity index (χ2n) is 3.95. The van der Waals surface area contributed by atoms with E-state index in [4.69, 9.17) is 0 Å². The van der Waals surface area contributed by atoms with Crippen LogP contribution >= 0.6 is 11.3 Å². The minimum Gasteiger partial charge on any atom is -0.370 e. The highest BCUT2D eigenvalue weighted by Gasteiger charge is 2.02. The van der Waals surface area contributed by atoms with Crippen LogP contribution in [-0.4, -0.2) is 26.7 Å². The van der Waals surface area contributed by atoms with Gasteiger partial charge in [0.1, 0.15) is 18.0 Å². The van der Waals surface area contributed by atoms with E-state index in [0.29, 0.717) is 0 Å². The summed E-state index contributed by atoms with van der Waals surface area (Å²) in [4.78, 5) is 8.47. The summed E-state index contributed by atoms with van der Waals surface area (Å²) in [6, 6.07) is 4.14. The minimum atomic E-state index is 0.878. The van der Waals surface area contributed by atoms with Crippen molar-refractivity contribution in [1.29, 1.82) is 0 Å². The minimum absolute atomic E-state index is 0.878. The molecule has 0 bridgehead atoms. The van der Waals surface area contributed by atoms with E-state index in [-0.39, 0.29) is 0 Å². The highest BCUT2D eigenvalue weighted by molar-refractivity contribution is 7.17. The van der Waals surface area contributed by atoms with Crippen LogP contribution in [0.1, 0.15) is 12.2 Å². The Morgan fingerprint density at radius 2 is 2.28 bits per heavy atom. The van der Waals surface area contributed by atoms with E-state index in [1.165, 1.54) is 16.4 Å². The first-order valence-corrected chi connectivity index (χ1v) is 6.72. The zero-order valence-corrected chi connectivity index (χ0v) is 10.6. The Bertz CT molecular complexity index is 616. The Balaban J connectivity index is 1.58. The molecule has 92 valence electrons. The average Bonchev–Trinajstić information content (AvgIpc) is 3.05. The summed E-state index contributed by atoms with van der Waals surface area (Å²) < 4.78 is 1.27. The van der Waals surface area contributed by atoms with Crippen LogP contribution in [0.15, 0.2) is 30.0 Å². The van der Waals surface area contributed by atoms with Gasteiger partial charge in [-0.3, -0.25) is 5.10 Å². The standard InChI is InChI=1S/C12H13N5S/c1(2-11-15-8-16-17-11)5-13-12-9-4-7-18-10(9)3-6-14-12/h3-4,6-8H,1-2,5H2,(H,13,14)(H,15,16,17). The lowest BCUT2D eigenvalue weighted by Crippen LogP contribution is -2.05. The number of anilines is 1. The van der Waals surface area contributed by atoms with Crippen LogP contribution in [-0.2, 0) is 6.42 Å². The second kappa shape index (κ2) is 5.14. The van der Waals surface area contributed by atoms with Crippen LogP contribution < -0.4 is 5.32 Å². The van der Waals surface area contributed by atoms with E-state index in [1.807, 2.05) is 12.3 Å². The monoisotopic (exact) mass is 259 g/mol. The van der Waals surface area contributed by atoms with E-state index < -0.39 is 0 Å². The lowest BCUT2D eigenvalue weighted by molar-refractivity contribution is 0.804. The van der Waals surface area contributed by atoms with Crippen molar-refractivity contribution >= 4 is 27.2 Å². The topological polar surface area (TPSA) is 66.5 Å². The maximum atomic E-state index is 4.37. The number of nitrogens with one attached hydrogen (secondary N) is 2. The van der Waals surface area contributed by atoms with Crippen molar-refractivity contribution in [2.75, 3.05) is 11.9 Å². The summed E-state index contributed by atoms with van der Waals surface area (Å²) in [5, 5.41) is 13.3. The fourth-order valence-electron chi connectivity index (χ4n) is 1.85. The van der Waals surface area contributed by atoms with Gasteiger partial charge in [0.2, 0.25) is 0 Å². The van der Waals surface area contributed by atoms with Crippen molar-refractivity contribution in [2.24, 2.45) is 0 Å². The molecule has 2 N–H and O–H groups in total. The molecule has 0 amide bonds. The van der Waals surface area contributed by atoms with E-state index in [0.717, 1.165) is 31.0 Å². The number of nitrogens with zero attached hydrogens (tertiary/aromatic N) is 3. The smallest absolute Gasteiger partial charge is 0.137 e. The third-order valence-electron chi connectivity index (χ3n) is 2.73. The Morgan fingerprint density at radius 1 is 1.28 bits per heavy atom. The van der Waals surface area contributed by atoms with Crippen molar-refractivity contribution in [3.63, 3.8) is 0 Å². The number of hydrogen-bond acceptors (Lipinski definition) is 5. The average molecular weight is 259 g/mol. The van der Waals surface area contributed by atoms with Crippen LogP contribution in [0.4, 0.5) is 5.82 Å². The fraction of sp³-hybridized carbons (Fsp3) is 0.250. The Labute approximate surface area is 108 Å². The number of rotatable bonds is 5. The summed E-state index contributed by atoms with van der Waals surface area (Å²) in [6.07, 6.45) is 5.28. The molecule has 0 aliphatic heterocycles. The summed E-state index contributed by atoms with van der Waals surface area (Å²) in [6.45, 7) is 0.878. The third-order valence-corrected chi connectivity index (χ3v) is 3.61. The largest absolute Gasteiger partial charge is 0.370 e. The van der Waals surface area contributed by atoms with Gasteiger partial charge in [-0.25, -0.2) is 9.97 Å². The molecule has 0 atom stereocenters. The maximum Gasteiger partial charge on any atom is 0.137 e. The van der Waals surface area contributed by atoms with Gasteiger partial charge in [-0.2, -0.15) is 5.10 Å². The molecule has 6 heteroatoms. The lowest BCUT2D eigenvalue weighted by atomic mass is 10.3. The number of thiophene rings is 1. The molecule has 0 aliphatic carbocycles. The van der Waals surface area contributed by atoms with E-state index in [2.05, 4.69) is 36.9 Å². The lowest BCUT2D eigenvalue weighted by Gasteiger charge is -2.05. The molecule has 0 saturated heterocycles. The van der Waals surface area contributed by atoms with Crippen molar-refractivity contribution in [3.8, 4) is 0 Å². The number of aryl methyl sites for hydroxylation is 1. The third kappa shape index (κ3) is 2.33. The maximum absolute atomic E-state index is 4.37. The number of pyridine rings is 1. The number of H-pyrrole nitrogens is 1. The SMILES string of the molecule is c1n[nH]c(CCCNc2nccc3sccc23)n1. The number of aromatic amines is 1. The molecule has 3 rings (SSSR count). The van der Waals surface area contributed by atoms with Crippen molar-refractivity contribution in [1.82, 2.24) is 20.2 Å². The van der Waals surface area contributed by atoms with Gasteiger partial charge in [-0.15, -0.1) is 11.3 Å². The molecule has 0 aromatic carbocycles. The van der Waals surface area contributed by atoms with Crippen LogP contribution in [0.3, 0.4) is 0 Å².